The number of benzene rings is 2. The normalized spacial score (nSPS) is 10.2. The molecule has 0 fully saturated rings. The Labute approximate surface area is 122 Å². The fourth-order valence-corrected chi connectivity index (χ4v) is 2.68. The molecule has 0 saturated carbocycles. The number of ether oxygens (including phenoxy) is 1. The van der Waals surface area contributed by atoms with E-state index in [0.717, 1.165) is 22.8 Å². The third-order valence-electron chi connectivity index (χ3n) is 2.68. The van der Waals surface area contributed by atoms with Gasteiger partial charge in [0.2, 0.25) is 0 Å². The minimum Gasteiger partial charge on any atom is -0.494 e. The van der Waals surface area contributed by atoms with Crippen LogP contribution >= 0.6 is 11.8 Å². The number of thioether (sulfide) groups is 1. The van der Waals surface area contributed by atoms with E-state index in [1.54, 1.807) is 23.9 Å². The van der Waals surface area contributed by atoms with Crippen LogP contribution in [0.15, 0.2) is 59.5 Å². The Kier molecular flexibility index (Phi) is 5.50. The van der Waals surface area contributed by atoms with Gasteiger partial charge < -0.3 is 9.84 Å². The summed E-state index contributed by atoms with van der Waals surface area (Å²) in [5.41, 5.74) is 0.362. The van der Waals surface area contributed by atoms with Crippen molar-refractivity contribution < 1.29 is 14.6 Å². The molecule has 0 spiro atoms. The van der Waals surface area contributed by atoms with E-state index in [9.17, 15) is 4.79 Å². The van der Waals surface area contributed by atoms with Crippen LogP contribution in [0.3, 0.4) is 0 Å². The zero-order valence-corrected chi connectivity index (χ0v) is 11.8. The summed E-state index contributed by atoms with van der Waals surface area (Å²) < 4.78 is 5.59. The molecular formula is C16H16O3S. The molecule has 104 valence electrons. The van der Waals surface area contributed by atoms with Crippen LogP contribution in [-0.2, 0) is 0 Å². The third-order valence-corrected chi connectivity index (χ3v) is 3.84. The van der Waals surface area contributed by atoms with Gasteiger partial charge in [-0.25, -0.2) is 4.79 Å². The first-order valence-electron chi connectivity index (χ1n) is 6.40. The fourth-order valence-electron chi connectivity index (χ4n) is 1.72. The summed E-state index contributed by atoms with van der Waals surface area (Å²) in [6.45, 7) is 0.631. The smallest absolute Gasteiger partial charge is 0.336 e. The van der Waals surface area contributed by atoms with Crippen molar-refractivity contribution in [3.63, 3.8) is 0 Å². The molecule has 0 aliphatic carbocycles. The molecule has 0 unspecified atom stereocenters. The van der Waals surface area contributed by atoms with Crippen LogP contribution in [0.2, 0.25) is 0 Å². The number of hydrogen-bond acceptors (Lipinski definition) is 3. The van der Waals surface area contributed by atoms with E-state index in [4.69, 9.17) is 9.84 Å². The zero-order chi connectivity index (χ0) is 14.2. The summed E-state index contributed by atoms with van der Waals surface area (Å²) in [6.07, 6.45) is 0.869. The average molecular weight is 288 g/mol. The van der Waals surface area contributed by atoms with E-state index < -0.39 is 5.97 Å². The van der Waals surface area contributed by atoms with Crippen LogP contribution in [-0.4, -0.2) is 23.4 Å². The van der Waals surface area contributed by atoms with Gasteiger partial charge in [0.1, 0.15) is 5.75 Å². The van der Waals surface area contributed by atoms with Crippen molar-refractivity contribution in [1.29, 1.82) is 0 Å². The Balaban J connectivity index is 1.75. The van der Waals surface area contributed by atoms with Crippen molar-refractivity contribution >= 4 is 17.7 Å². The van der Waals surface area contributed by atoms with Crippen molar-refractivity contribution in [3.8, 4) is 5.75 Å². The van der Waals surface area contributed by atoms with Crippen molar-refractivity contribution in [2.45, 2.75) is 11.3 Å². The van der Waals surface area contributed by atoms with Gasteiger partial charge in [-0.05, 0) is 30.7 Å². The highest BCUT2D eigenvalue weighted by Gasteiger charge is 2.08. The minimum atomic E-state index is -0.881. The molecule has 4 heteroatoms. The largest absolute Gasteiger partial charge is 0.494 e. The Morgan fingerprint density at radius 1 is 1.05 bits per heavy atom. The first kappa shape index (κ1) is 14.5. The lowest BCUT2D eigenvalue weighted by Crippen LogP contribution is -2.01. The first-order chi connectivity index (χ1) is 9.77. The molecule has 2 aromatic carbocycles. The predicted molar refractivity (Wildman–Crippen MR) is 80.7 cm³/mol. The van der Waals surface area contributed by atoms with Gasteiger partial charge in [0.05, 0.1) is 12.2 Å². The number of para-hydroxylation sites is 1. The lowest BCUT2D eigenvalue weighted by molar-refractivity contribution is 0.0693. The summed E-state index contributed by atoms with van der Waals surface area (Å²) in [4.78, 5) is 11.9. The molecule has 0 aliphatic heterocycles. The van der Waals surface area contributed by atoms with E-state index in [-0.39, 0.29) is 0 Å². The van der Waals surface area contributed by atoms with Gasteiger partial charge in [0.15, 0.2) is 0 Å². The summed E-state index contributed by atoms with van der Waals surface area (Å²) in [5.74, 6) is 0.814. The minimum absolute atomic E-state index is 0.362. The first-order valence-corrected chi connectivity index (χ1v) is 7.39. The zero-order valence-electron chi connectivity index (χ0n) is 11.0. The van der Waals surface area contributed by atoms with Crippen molar-refractivity contribution in [2.24, 2.45) is 0 Å². The predicted octanol–water partition coefficient (Wildman–Crippen LogP) is 3.95. The molecule has 2 aromatic rings. The molecule has 0 saturated heterocycles. The van der Waals surface area contributed by atoms with Crippen LogP contribution in [0.25, 0.3) is 0 Å². The highest BCUT2D eigenvalue weighted by molar-refractivity contribution is 7.99. The number of carbonyl (C=O) groups is 1. The maximum absolute atomic E-state index is 11.1. The number of carboxylic acids is 1. The van der Waals surface area contributed by atoms with Gasteiger partial charge in [-0.1, -0.05) is 30.3 Å². The fraction of sp³-hybridized carbons (Fsp3) is 0.188. The second-order valence-electron chi connectivity index (χ2n) is 4.16. The van der Waals surface area contributed by atoms with Crippen molar-refractivity contribution in [3.05, 3.63) is 60.2 Å². The topological polar surface area (TPSA) is 46.5 Å². The van der Waals surface area contributed by atoms with E-state index >= 15 is 0 Å². The average Bonchev–Trinajstić information content (AvgIpc) is 2.48. The van der Waals surface area contributed by atoms with E-state index in [0.29, 0.717) is 12.2 Å². The molecule has 0 heterocycles. The second-order valence-corrected chi connectivity index (χ2v) is 5.30. The van der Waals surface area contributed by atoms with E-state index in [1.807, 2.05) is 42.5 Å². The van der Waals surface area contributed by atoms with Gasteiger partial charge in [-0.2, -0.15) is 0 Å². The SMILES string of the molecule is O=C(O)c1ccccc1SCCCOc1ccccc1. The molecule has 3 nitrogen and oxygen atoms in total. The summed E-state index contributed by atoms with van der Waals surface area (Å²) in [7, 11) is 0. The van der Waals surface area contributed by atoms with Crippen LogP contribution in [0.1, 0.15) is 16.8 Å². The Morgan fingerprint density at radius 2 is 1.75 bits per heavy atom. The maximum atomic E-state index is 11.1. The van der Waals surface area contributed by atoms with Gasteiger partial charge in [0.25, 0.3) is 0 Å². The number of hydrogen-bond donors (Lipinski definition) is 1. The summed E-state index contributed by atoms with van der Waals surface area (Å²) in [6, 6.07) is 16.7. The molecule has 0 aliphatic rings. The van der Waals surface area contributed by atoms with Gasteiger partial charge >= 0.3 is 5.97 Å². The second kappa shape index (κ2) is 7.60. The van der Waals surface area contributed by atoms with Gasteiger partial charge in [-0.3, -0.25) is 0 Å². The van der Waals surface area contributed by atoms with Gasteiger partial charge in [-0.15, -0.1) is 11.8 Å². The van der Waals surface area contributed by atoms with E-state index in [1.165, 1.54) is 0 Å². The molecule has 0 radical (unpaired) electrons. The monoisotopic (exact) mass is 288 g/mol. The molecule has 0 aromatic heterocycles. The summed E-state index contributed by atoms with van der Waals surface area (Å²) >= 11 is 1.55. The van der Waals surface area contributed by atoms with Crippen molar-refractivity contribution in [1.82, 2.24) is 0 Å². The molecule has 1 N–H and O–H groups in total. The van der Waals surface area contributed by atoms with E-state index in [2.05, 4.69) is 0 Å². The third kappa shape index (κ3) is 4.31. The van der Waals surface area contributed by atoms with Crippen molar-refractivity contribution in [2.75, 3.05) is 12.4 Å². The number of rotatable bonds is 7. The maximum Gasteiger partial charge on any atom is 0.336 e. The number of aromatic carboxylic acids is 1. The lowest BCUT2D eigenvalue weighted by Gasteiger charge is -2.07. The highest BCUT2D eigenvalue weighted by Crippen LogP contribution is 2.23. The van der Waals surface area contributed by atoms with Crippen LogP contribution in [0.4, 0.5) is 0 Å². The van der Waals surface area contributed by atoms with Crippen LogP contribution < -0.4 is 4.74 Å². The Hall–Kier alpha value is -1.94. The molecule has 2 rings (SSSR count). The molecule has 0 amide bonds. The van der Waals surface area contributed by atoms with Crippen LogP contribution in [0.5, 0.6) is 5.75 Å². The van der Waals surface area contributed by atoms with Gasteiger partial charge in [0, 0.05) is 10.6 Å². The highest BCUT2D eigenvalue weighted by atomic mass is 32.2. The summed E-state index contributed by atoms with van der Waals surface area (Å²) in [5, 5.41) is 9.08. The lowest BCUT2D eigenvalue weighted by atomic mass is 10.2. The Morgan fingerprint density at radius 3 is 2.50 bits per heavy atom. The standard InChI is InChI=1S/C16H16O3S/c17-16(18)14-9-4-5-10-15(14)20-12-6-11-19-13-7-2-1-3-8-13/h1-5,7-10H,6,11-12H2,(H,17,18). The molecular weight excluding hydrogens is 272 g/mol. The number of carboxylic acid groups (broad SMARTS) is 1. The molecule has 0 atom stereocenters. The quantitative estimate of drug-likeness (QED) is 0.619. The molecule has 20 heavy (non-hydrogen) atoms. The molecule has 0 bridgehead atoms. The van der Waals surface area contributed by atoms with Crippen LogP contribution in [0, 0.1) is 0 Å². The Bertz CT molecular complexity index is 555.